The summed E-state index contributed by atoms with van der Waals surface area (Å²) in [5.41, 5.74) is -0.0499. The van der Waals surface area contributed by atoms with E-state index in [0.29, 0.717) is 0 Å². The molecular formula is C20H22O10. The lowest BCUT2D eigenvalue weighted by molar-refractivity contribution is -0.0612. The van der Waals surface area contributed by atoms with Gasteiger partial charge in [0, 0.05) is 12.1 Å². The number of phenols is 4. The van der Waals surface area contributed by atoms with Gasteiger partial charge < -0.3 is 40.1 Å². The van der Waals surface area contributed by atoms with Crippen molar-refractivity contribution in [3.05, 3.63) is 46.5 Å². The van der Waals surface area contributed by atoms with Gasteiger partial charge in [-0.3, -0.25) is 0 Å². The summed E-state index contributed by atoms with van der Waals surface area (Å²) in [6.45, 7) is 1.40. The number of aliphatic hydroxyl groups is 2. The molecule has 2 aromatic rings. The van der Waals surface area contributed by atoms with E-state index >= 15 is 0 Å². The molecule has 6 N–H and O–H groups in total. The van der Waals surface area contributed by atoms with E-state index in [9.17, 15) is 40.2 Å². The van der Waals surface area contributed by atoms with Crippen molar-refractivity contribution in [1.29, 1.82) is 0 Å². The van der Waals surface area contributed by atoms with E-state index in [1.165, 1.54) is 26.0 Å². The van der Waals surface area contributed by atoms with Gasteiger partial charge in [-0.2, -0.15) is 0 Å². The first-order chi connectivity index (χ1) is 14.0. The summed E-state index contributed by atoms with van der Waals surface area (Å²) in [4.78, 5) is 24.5. The first kappa shape index (κ1) is 22.8. The van der Waals surface area contributed by atoms with Gasteiger partial charge in [0.05, 0.1) is 6.61 Å². The molecule has 10 nitrogen and oxygen atoms in total. The number of aromatic hydroxyl groups is 4. The summed E-state index contributed by atoms with van der Waals surface area (Å²) >= 11 is 0. The number of carbonyl (C=O) groups excluding carboxylic acids is 2. The molecule has 0 unspecified atom stereocenters. The van der Waals surface area contributed by atoms with Crippen LogP contribution >= 0.6 is 0 Å². The maximum absolute atomic E-state index is 12.3. The Balaban J connectivity index is 2.06. The predicted molar refractivity (Wildman–Crippen MR) is 102 cm³/mol. The molecule has 2 rings (SSSR count). The lowest BCUT2D eigenvalue weighted by Crippen LogP contribution is -2.38. The molecule has 0 spiro atoms. The SMILES string of the molecule is Cc1cc(O)cc(O)c1C(=O)OC[C@@H](O)[C@H](CO)OC(=O)c1c(C)cc(O)cc1O. The fourth-order valence-corrected chi connectivity index (χ4v) is 2.81. The van der Waals surface area contributed by atoms with Crippen molar-refractivity contribution < 1.29 is 49.7 Å². The molecule has 0 saturated carbocycles. The molecular weight excluding hydrogens is 400 g/mol. The summed E-state index contributed by atoms with van der Waals surface area (Å²) in [6.07, 6.45) is -3.12. The second-order valence-electron chi connectivity index (χ2n) is 6.61. The maximum Gasteiger partial charge on any atom is 0.342 e. The van der Waals surface area contributed by atoms with Crippen LogP contribution in [-0.4, -0.2) is 68.0 Å². The summed E-state index contributed by atoms with van der Waals surface area (Å²) in [7, 11) is 0. The normalized spacial score (nSPS) is 12.8. The van der Waals surface area contributed by atoms with Crippen LogP contribution in [0.4, 0.5) is 0 Å². The maximum atomic E-state index is 12.3. The number of hydrogen-bond donors (Lipinski definition) is 6. The highest BCUT2D eigenvalue weighted by Crippen LogP contribution is 2.29. The summed E-state index contributed by atoms with van der Waals surface area (Å²) in [6, 6.07) is 4.33. The minimum atomic E-state index is -1.62. The van der Waals surface area contributed by atoms with E-state index in [2.05, 4.69) is 0 Å². The van der Waals surface area contributed by atoms with E-state index in [1.54, 1.807) is 0 Å². The van der Waals surface area contributed by atoms with Gasteiger partial charge in [0.1, 0.15) is 46.8 Å². The Morgan fingerprint density at radius 3 is 1.77 bits per heavy atom. The second kappa shape index (κ2) is 9.33. The van der Waals surface area contributed by atoms with Crippen molar-refractivity contribution in [2.24, 2.45) is 0 Å². The monoisotopic (exact) mass is 422 g/mol. The van der Waals surface area contributed by atoms with Crippen LogP contribution in [0.5, 0.6) is 23.0 Å². The molecule has 0 amide bonds. The molecule has 0 aliphatic rings. The highest BCUT2D eigenvalue weighted by Gasteiger charge is 2.28. The van der Waals surface area contributed by atoms with Gasteiger partial charge in [-0.15, -0.1) is 0 Å². The zero-order valence-corrected chi connectivity index (χ0v) is 16.2. The van der Waals surface area contributed by atoms with Gasteiger partial charge in [0.25, 0.3) is 0 Å². The Bertz CT molecular complexity index is 907. The average Bonchev–Trinajstić information content (AvgIpc) is 2.62. The Labute approximate surface area is 171 Å². The van der Waals surface area contributed by atoms with Crippen molar-refractivity contribution in [3.8, 4) is 23.0 Å². The number of esters is 2. The van der Waals surface area contributed by atoms with Gasteiger partial charge in [-0.05, 0) is 37.1 Å². The third-order valence-corrected chi connectivity index (χ3v) is 4.26. The van der Waals surface area contributed by atoms with Crippen LogP contribution in [0, 0.1) is 13.8 Å². The highest BCUT2D eigenvalue weighted by molar-refractivity contribution is 5.95. The lowest BCUT2D eigenvalue weighted by Gasteiger charge is -2.22. The zero-order chi connectivity index (χ0) is 22.6. The van der Waals surface area contributed by atoms with Gasteiger partial charge >= 0.3 is 11.9 Å². The minimum absolute atomic E-state index is 0.202. The van der Waals surface area contributed by atoms with E-state index in [0.717, 1.165) is 12.1 Å². The molecule has 0 fully saturated rings. The van der Waals surface area contributed by atoms with Crippen LogP contribution in [0.25, 0.3) is 0 Å². The van der Waals surface area contributed by atoms with E-state index in [1.807, 2.05) is 0 Å². The van der Waals surface area contributed by atoms with Crippen LogP contribution in [0.2, 0.25) is 0 Å². The van der Waals surface area contributed by atoms with Crippen molar-refractivity contribution in [2.75, 3.05) is 13.2 Å². The summed E-state index contributed by atoms with van der Waals surface area (Å²) in [5.74, 6) is -3.65. The smallest absolute Gasteiger partial charge is 0.342 e. The number of hydrogen-bond acceptors (Lipinski definition) is 10. The van der Waals surface area contributed by atoms with E-state index < -0.39 is 48.9 Å². The second-order valence-corrected chi connectivity index (χ2v) is 6.61. The molecule has 0 aliphatic heterocycles. The average molecular weight is 422 g/mol. The molecule has 162 valence electrons. The van der Waals surface area contributed by atoms with Gasteiger partial charge in [-0.1, -0.05) is 0 Å². The fraction of sp³-hybridized carbons (Fsp3) is 0.300. The lowest BCUT2D eigenvalue weighted by atomic mass is 10.1. The molecule has 30 heavy (non-hydrogen) atoms. The third-order valence-electron chi connectivity index (χ3n) is 4.26. The van der Waals surface area contributed by atoms with Gasteiger partial charge in [-0.25, -0.2) is 9.59 Å². The van der Waals surface area contributed by atoms with E-state index in [4.69, 9.17) is 9.47 Å². The summed E-state index contributed by atoms with van der Waals surface area (Å²) < 4.78 is 9.91. The number of phenolic OH excluding ortho intramolecular Hbond substituents is 4. The Morgan fingerprint density at radius 2 is 1.33 bits per heavy atom. The van der Waals surface area contributed by atoms with Crippen molar-refractivity contribution >= 4 is 11.9 Å². The largest absolute Gasteiger partial charge is 0.508 e. The molecule has 0 aromatic heterocycles. The number of aryl methyl sites for hydroxylation is 2. The van der Waals surface area contributed by atoms with Crippen LogP contribution in [-0.2, 0) is 9.47 Å². The standard InChI is InChI=1S/C20H22O10/c1-9-3-11(22)5-13(24)17(9)19(27)29-8-15(26)16(7-21)30-20(28)18-10(2)4-12(23)6-14(18)25/h3-6,15-16,21-26H,7-8H2,1-2H3/t15-,16+/m1/s1. The number of rotatable bonds is 7. The van der Waals surface area contributed by atoms with Gasteiger partial charge in [0.15, 0.2) is 6.10 Å². The summed E-state index contributed by atoms with van der Waals surface area (Å²) in [5, 5.41) is 58.0. The van der Waals surface area contributed by atoms with Gasteiger partial charge in [0.2, 0.25) is 0 Å². The molecule has 0 bridgehead atoms. The molecule has 10 heteroatoms. The molecule has 0 saturated heterocycles. The molecule has 2 atom stereocenters. The molecule has 0 radical (unpaired) electrons. The number of benzene rings is 2. The zero-order valence-electron chi connectivity index (χ0n) is 16.2. The van der Waals surface area contributed by atoms with Crippen LogP contribution in [0.1, 0.15) is 31.8 Å². The highest BCUT2D eigenvalue weighted by atomic mass is 16.6. The first-order valence-corrected chi connectivity index (χ1v) is 8.77. The Hall–Kier alpha value is -3.50. The van der Waals surface area contributed by atoms with Crippen molar-refractivity contribution in [2.45, 2.75) is 26.1 Å². The fourth-order valence-electron chi connectivity index (χ4n) is 2.81. The third kappa shape index (κ3) is 5.10. The van der Waals surface area contributed by atoms with Crippen LogP contribution in [0.15, 0.2) is 24.3 Å². The topological polar surface area (TPSA) is 174 Å². The quantitative estimate of drug-likeness (QED) is 0.351. The number of carbonyl (C=O) groups is 2. The molecule has 0 aliphatic carbocycles. The van der Waals surface area contributed by atoms with Crippen molar-refractivity contribution in [1.82, 2.24) is 0 Å². The molecule has 2 aromatic carbocycles. The first-order valence-electron chi connectivity index (χ1n) is 8.77. The minimum Gasteiger partial charge on any atom is -0.508 e. The van der Waals surface area contributed by atoms with E-state index in [-0.39, 0.29) is 33.8 Å². The predicted octanol–water partition coefficient (Wildman–Crippen LogP) is 0.861. The Kier molecular flexibility index (Phi) is 7.09. The Morgan fingerprint density at radius 1 is 0.867 bits per heavy atom. The number of ether oxygens (including phenoxy) is 2. The molecule has 0 heterocycles. The van der Waals surface area contributed by atoms with Crippen LogP contribution < -0.4 is 0 Å². The van der Waals surface area contributed by atoms with Crippen molar-refractivity contribution in [3.63, 3.8) is 0 Å². The van der Waals surface area contributed by atoms with Crippen LogP contribution in [0.3, 0.4) is 0 Å². The number of aliphatic hydroxyl groups excluding tert-OH is 2.